The quantitative estimate of drug-likeness (QED) is 0.310. The minimum absolute atomic E-state index is 0.118. The predicted octanol–water partition coefficient (Wildman–Crippen LogP) is 8.20. The van der Waals surface area contributed by atoms with Crippen LogP contribution in [0.2, 0.25) is 10.0 Å². The van der Waals surface area contributed by atoms with Gasteiger partial charge >= 0.3 is 0 Å². The summed E-state index contributed by atoms with van der Waals surface area (Å²) in [7, 11) is -3.31. The number of sulfonamides is 1. The summed E-state index contributed by atoms with van der Waals surface area (Å²) in [6, 6.07) is 13.5. The van der Waals surface area contributed by atoms with Crippen LogP contribution < -0.4 is 0 Å². The van der Waals surface area contributed by atoms with E-state index in [1.165, 1.54) is 0 Å². The fourth-order valence-corrected chi connectivity index (χ4v) is 8.14. The maximum atomic E-state index is 12.9. The van der Waals surface area contributed by atoms with Crippen LogP contribution in [0, 0.1) is 16.7 Å². The lowest BCUT2D eigenvalue weighted by Crippen LogP contribution is -2.44. The number of aromatic nitrogens is 2. The Bertz CT molecular complexity index is 1720. The van der Waals surface area contributed by atoms with Crippen LogP contribution in [0.25, 0.3) is 16.6 Å². The predicted molar refractivity (Wildman–Crippen MR) is 172 cm³/mol. The Hall–Kier alpha value is -2.89. The Morgan fingerprint density at radius 1 is 1.07 bits per heavy atom. The van der Waals surface area contributed by atoms with Crippen molar-refractivity contribution >= 4 is 49.8 Å². The third-order valence-corrected chi connectivity index (χ3v) is 11.9. The third-order valence-electron chi connectivity index (χ3n) is 8.90. The highest BCUT2D eigenvalue weighted by molar-refractivity contribution is 7.89. The molecule has 0 bridgehead atoms. The highest BCUT2D eigenvalue weighted by atomic mass is 35.5. The number of piperidine rings is 1. The number of benzene rings is 2. The summed E-state index contributed by atoms with van der Waals surface area (Å²) in [5.41, 5.74) is 5.02. The van der Waals surface area contributed by atoms with Crippen LogP contribution in [0.4, 0.5) is 0 Å². The zero-order valence-electron chi connectivity index (χ0n) is 24.4. The van der Waals surface area contributed by atoms with Crippen LogP contribution in [-0.4, -0.2) is 41.0 Å². The minimum atomic E-state index is -3.31. The standard InChI is InChI=1S/C31H30Cl2N4O2S.C2H6/c1-20(2)40(38,39)37-13-11-30(12-14-37)19-31(30,29-35-27-16-25(32)26(33)17-28(27)36-29)24-8-4-6-22(9-10-24)23-7-3-5-21(15-23)18-34;1-2/h3-5,7-10,15-17,20H,6,11-14,19H2,1-2H3,(H,35,36);1-2H3. The Morgan fingerprint density at radius 2 is 1.79 bits per heavy atom. The van der Waals surface area contributed by atoms with Gasteiger partial charge in [-0.1, -0.05) is 73.5 Å². The molecule has 2 aliphatic carbocycles. The molecule has 2 fully saturated rings. The molecule has 1 atom stereocenters. The fourth-order valence-electron chi connectivity index (χ4n) is 6.53. The number of imidazole rings is 1. The maximum Gasteiger partial charge on any atom is 0.216 e. The molecule has 3 aromatic rings. The molecule has 2 aromatic carbocycles. The number of aromatic amines is 1. The number of fused-ring (bicyclic) bond motifs is 1. The monoisotopic (exact) mass is 622 g/mol. The summed E-state index contributed by atoms with van der Waals surface area (Å²) in [5.74, 6) is 0.861. The van der Waals surface area contributed by atoms with Gasteiger partial charge in [-0.3, -0.25) is 0 Å². The number of H-pyrrole nitrogens is 1. The van der Waals surface area contributed by atoms with E-state index in [1.807, 2.05) is 44.2 Å². The molecule has 9 heteroatoms. The van der Waals surface area contributed by atoms with Gasteiger partial charge in [-0.25, -0.2) is 17.7 Å². The van der Waals surface area contributed by atoms with Crippen molar-refractivity contribution in [1.29, 1.82) is 5.26 Å². The molecule has 1 unspecified atom stereocenters. The number of allylic oxidation sites excluding steroid dienone is 6. The summed E-state index contributed by atoms with van der Waals surface area (Å²) >= 11 is 12.6. The zero-order valence-corrected chi connectivity index (χ0v) is 26.7. The molecule has 1 aromatic heterocycles. The number of halogens is 2. The van der Waals surface area contributed by atoms with E-state index in [1.54, 1.807) is 24.2 Å². The third kappa shape index (κ3) is 5.13. The molecule has 1 aliphatic heterocycles. The Kier molecular flexibility index (Phi) is 8.48. The molecule has 42 heavy (non-hydrogen) atoms. The topological polar surface area (TPSA) is 89.8 Å². The first-order valence-corrected chi connectivity index (χ1v) is 16.8. The van der Waals surface area contributed by atoms with Crippen molar-refractivity contribution in [3.63, 3.8) is 0 Å². The van der Waals surface area contributed by atoms with Crippen LogP contribution >= 0.6 is 23.2 Å². The smallest absolute Gasteiger partial charge is 0.216 e. The number of nitrogens with zero attached hydrogens (tertiary/aromatic N) is 3. The van der Waals surface area contributed by atoms with Gasteiger partial charge in [0.1, 0.15) is 5.82 Å². The molecule has 220 valence electrons. The molecular formula is C33H36Cl2N4O2S. The van der Waals surface area contributed by atoms with Crippen molar-refractivity contribution in [3.05, 3.63) is 93.3 Å². The van der Waals surface area contributed by atoms with Crippen molar-refractivity contribution in [2.75, 3.05) is 13.1 Å². The van der Waals surface area contributed by atoms with Gasteiger partial charge in [-0.05, 0) is 85.9 Å². The molecular weight excluding hydrogens is 587 g/mol. The summed E-state index contributed by atoms with van der Waals surface area (Å²) in [4.78, 5) is 8.59. The van der Waals surface area contributed by atoms with Gasteiger partial charge in [0.2, 0.25) is 10.0 Å². The van der Waals surface area contributed by atoms with Gasteiger partial charge < -0.3 is 4.98 Å². The second-order valence-electron chi connectivity index (χ2n) is 11.3. The van der Waals surface area contributed by atoms with Gasteiger partial charge in [-0.2, -0.15) is 5.26 Å². The van der Waals surface area contributed by atoms with Gasteiger partial charge in [0.15, 0.2) is 0 Å². The van der Waals surface area contributed by atoms with Crippen LogP contribution in [0.15, 0.2) is 66.3 Å². The Morgan fingerprint density at radius 3 is 2.48 bits per heavy atom. The van der Waals surface area contributed by atoms with E-state index in [4.69, 9.17) is 28.2 Å². The van der Waals surface area contributed by atoms with E-state index >= 15 is 0 Å². The van der Waals surface area contributed by atoms with E-state index in [0.29, 0.717) is 28.7 Å². The highest BCUT2D eigenvalue weighted by Crippen LogP contribution is 2.72. The molecule has 6 nitrogen and oxygen atoms in total. The lowest BCUT2D eigenvalue weighted by molar-refractivity contribution is 0.235. The Labute approximate surface area is 258 Å². The lowest BCUT2D eigenvalue weighted by atomic mass is 9.79. The van der Waals surface area contributed by atoms with Gasteiger partial charge in [0, 0.05) is 13.1 Å². The first-order chi connectivity index (χ1) is 20.1. The zero-order chi connectivity index (χ0) is 30.3. The molecule has 3 aliphatic rings. The molecule has 1 spiro atoms. The van der Waals surface area contributed by atoms with Crippen molar-refractivity contribution < 1.29 is 8.42 Å². The molecule has 1 saturated heterocycles. The molecule has 2 heterocycles. The average Bonchev–Trinajstić information content (AvgIpc) is 3.56. The van der Waals surface area contributed by atoms with Crippen LogP contribution in [0.5, 0.6) is 0 Å². The second-order valence-corrected chi connectivity index (χ2v) is 14.6. The van der Waals surface area contributed by atoms with Crippen LogP contribution in [-0.2, 0) is 15.4 Å². The SMILES string of the molecule is CC.CC(C)S(=O)(=O)N1CCC2(CC1)CC2(C1=CC=C(c2cccc(C#N)c2)CC=C1)c1nc2cc(Cl)c(Cl)cc2[nH]1. The Balaban J connectivity index is 0.00000173. The summed E-state index contributed by atoms with van der Waals surface area (Å²) < 4.78 is 27.5. The minimum Gasteiger partial charge on any atom is -0.341 e. The van der Waals surface area contributed by atoms with E-state index in [-0.39, 0.29) is 5.41 Å². The summed E-state index contributed by atoms with van der Waals surface area (Å²) in [6.07, 6.45) is 11.8. The van der Waals surface area contributed by atoms with Crippen molar-refractivity contribution in [3.8, 4) is 6.07 Å². The number of hydrogen-bond acceptors (Lipinski definition) is 4. The highest BCUT2D eigenvalue weighted by Gasteiger charge is 2.71. The molecule has 0 amide bonds. The van der Waals surface area contributed by atoms with Crippen LogP contribution in [0.1, 0.15) is 70.3 Å². The normalized spacial score (nSPS) is 21.8. The lowest BCUT2D eigenvalue weighted by Gasteiger charge is -2.35. The number of rotatable bonds is 5. The van der Waals surface area contributed by atoms with Crippen LogP contribution in [0.3, 0.4) is 0 Å². The number of hydrogen-bond donors (Lipinski definition) is 1. The van der Waals surface area contributed by atoms with Crippen molar-refractivity contribution in [1.82, 2.24) is 14.3 Å². The average molecular weight is 624 g/mol. The molecule has 1 N–H and O–H groups in total. The number of nitrogens with one attached hydrogen (secondary N) is 1. The fraction of sp³-hybridized carbons (Fsp3) is 0.394. The summed E-state index contributed by atoms with van der Waals surface area (Å²) in [5, 5.41) is 9.86. The maximum absolute atomic E-state index is 12.9. The van der Waals surface area contributed by atoms with Crippen molar-refractivity contribution in [2.45, 2.75) is 64.0 Å². The van der Waals surface area contributed by atoms with E-state index in [9.17, 15) is 13.7 Å². The molecule has 6 rings (SSSR count). The van der Waals surface area contributed by atoms with Gasteiger partial charge in [0.05, 0.1) is 43.4 Å². The van der Waals surface area contributed by atoms with Crippen molar-refractivity contribution in [2.24, 2.45) is 5.41 Å². The largest absolute Gasteiger partial charge is 0.341 e. The van der Waals surface area contributed by atoms with E-state index in [0.717, 1.165) is 59.3 Å². The molecule has 1 saturated carbocycles. The van der Waals surface area contributed by atoms with Gasteiger partial charge in [0.25, 0.3) is 0 Å². The second kappa shape index (κ2) is 11.7. The van der Waals surface area contributed by atoms with Gasteiger partial charge in [-0.15, -0.1) is 0 Å². The van der Waals surface area contributed by atoms with E-state index < -0.39 is 20.7 Å². The van der Waals surface area contributed by atoms with E-state index in [2.05, 4.69) is 35.4 Å². The summed E-state index contributed by atoms with van der Waals surface area (Å²) in [6.45, 7) is 8.48. The molecule has 0 radical (unpaired) electrons. The first-order valence-electron chi connectivity index (χ1n) is 14.5. The first kappa shape index (κ1) is 30.6. The number of nitriles is 1.